The zero-order valence-electron chi connectivity index (χ0n) is 16.1. The van der Waals surface area contributed by atoms with Gasteiger partial charge in [0.1, 0.15) is 11.4 Å². The van der Waals surface area contributed by atoms with Crippen molar-refractivity contribution in [2.45, 2.75) is 25.4 Å². The fraction of sp³-hybridized carbons (Fsp3) is 0.318. The number of anilines is 1. The van der Waals surface area contributed by atoms with Crippen LogP contribution in [-0.4, -0.2) is 29.9 Å². The predicted molar refractivity (Wildman–Crippen MR) is 103 cm³/mol. The molecule has 2 aromatic carbocycles. The third kappa shape index (κ3) is 2.93. The van der Waals surface area contributed by atoms with Crippen molar-refractivity contribution in [3.05, 3.63) is 66.0 Å². The number of imide groups is 1. The van der Waals surface area contributed by atoms with E-state index in [9.17, 15) is 18.8 Å². The van der Waals surface area contributed by atoms with Crippen molar-refractivity contribution in [3.63, 3.8) is 0 Å². The second-order valence-corrected chi connectivity index (χ2v) is 7.45. The summed E-state index contributed by atoms with van der Waals surface area (Å²) >= 11 is 0. The number of nitrogens with zero attached hydrogens (tertiary/aromatic N) is 1. The lowest BCUT2D eigenvalue weighted by Crippen LogP contribution is -2.54. The molecule has 0 spiro atoms. The molecule has 0 aromatic heterocycles. The van der Waals surface area contributed by atoms with Gasteiger partial charge in [-0.25, -0.2) is 9.29 Å². The van der Waals surface area contributed by atoms with Crippen molar-refractivity contribution in [2.75, 3.05) is 11.5 Å². The first-order valence-corrected chi connectivity index (χ1v) is 9.51. The Labute approximate surface area is 167 Å². The predicted octanol–water partition coefficient (Wildman–Crippen LogP) is 2.60. The Morgan fingerprint density at radius 3 is 2.38 bits per heavy atom. The molecule has 2 fully saturated rings. The Morgan fingerprint density at radius 1 is 1.10 bits per heavy atom. The van der Waals surface area contributed by atoms with Gasteiger partial charge in [0.15, 0.2) is 0 Å². The molecule has 29 heavy (non-hydrogen) atoms. The Bertz CT molecular complexity index is 963. The zero-order valence-corrected chi connectivity index (χ0v) is 16.1. The molecule has 1 N–H and O–H groups in total. The van der Waals surface area contributed by atoms with Crippen LogP contribution in [0.5, 0.6) is 0 Å². The molecular formula is C22H21FN2O4. The third-order valence-electron chi connectivity index (χ3n) is 5.73. The third-order valence-corrected chi connectivity index (χ3v) is 5.73. The summed E-state index contributed by atoms with van der Waals surface area (Å²) in [6.45, 7) is 3.42. The van der Waals surface area contributed by atoms with E-state index in [-0.39, 0.29) is 12.5 Å². The van der Waals surface area contributed by atoms with Crippen LogP contribution in [0.3, 0.4) is 0 Å². The van der Waals surface area contributed by atoms with Crippen LogP contribution in [0, 0.1) is 17.7 Å². The number of esters is 1. The van der Waals surface area contributed by atoms with Gasteiger partial charge in [-0.1, -0.05) is 30.3 Å². The number of benzene rings is 2. The molecule has 2 aliphatic heterocycles. The van der Waals surface area contributed by atoms with E-state index in [4.69, 9.17) is 4.74 Å². The van der Waals surface area contributed by atoms with E-state index in [1.807, 2.05) is 0 Å². The van der Waals surface area contributed by atoms with E-state index in [1.165, 1.54) is 12.1 Å². The molecule has 0 aliphatic carbocycles. The van der Waals surface area contributed by atoms with Gasteiger partial charge in [-0.2, -0.15) is 0 Å². The molecule has 6 nitrogen and oxygen atoms in total. The minimum atomic E-state index is -1.38. The number of nitrogens with one attached hydrogen (secondary N) is 1. The minimum absolute atomic E-state index is 0.152. The summed E-state index contributed by atoms with van der Waals surface area (Å²) in [5.41, 5.74) is -0.290. The summed E-state index contributed by atoms with van der Waals surface area (Å²) in [6, 6.07) is 13.7. The average molecular weight is 396 g/mol. The highest BCUT2D eigenvalue weighted by atomic mass is 19.1. The van der Waals surface area contributed by atoms with E-state index in [0.29, 0.717) is 11.3 Å². The van der Waals surface area contributed by atoms with Gasteiger partial charge in [0.25, 0.3) is 0 Å². The van der Waals surface area contributed by atoms with Crippen molar-refractivity contribution in [1.82, 2.24) is 5.32 Å². The molecule has 7 heteroatoms. The lowest BCUT2D eigenvalue weighted by molar-refractivity contribution is -0.153. The summed E-state index contributed by atoms with van der Waals surface area (Å²) < 4.78 is 18.6. The summed E-state index contributed by atoms with van der Waals surface area (Å²) in [6.07, 6.45) is 0. The highest BCUT2D eigenvalue weighted by Crippen LogP contribution is 2.49. The molecule has 2 heterocycles. The Hall–Kier alpha value is -3.06. The number of carbonyl (C=O) groups excluding carboxylic acids is 3. The van der Waals surface area contributed by atoms with Crippen molar-refractivity contribution < 1.29 is 23.5 Å². The topological polar surface area (TPSA) is 75.7 Å². The minimum Gasteiger partial charge on any atom is -0.465 e. The smallest absolute Gasteiger partial charge is 0.326 e. The van der Waals surface area contributed by atoms with Crippen LogP contribution in [0.15, 0.2) is 54.6 Å². The van der Waals surface area contributed by atoms with Crippen LogP contribution >= 0.6 is 0 Å². The average Bonchev–Trinajstić information content (AvgIpc) is 3.17. The van der Waals surface area contributed by atoms with E-state index < -0.39 is 41.1 Å². The highest BCUT2D eigenvalue weighted by molar-refractivity contribution is 6.24. The molecule has 0 bridgehead atoms. The number of ether oxygens (including phenoxy) is 1. The Kier molecular flexibility index (Phi) is 4.70. The van der Waals surface area contributed by atoms with E-state index >= 15 is 0 Å². The quantitative estimate of drug-likeness (QED) is 0.635. The Morgan fingerprint density at radius 2 is 1.76 bits per heavy atom. The van der Waals surface area contributed by atoms with Gasteiger partial charge < -0.3 is 4.74 Å². The molecule has 0 radical (unpaired) electrons. The van der Waals surface area contributed by atoms with E-state index in [0.717, 1.165) is 4.90 Å². The van der Waals surface area contributed by atoms with Crippen molar-refractivity contribution in [2.24, 2.45) is 11.8 Å². The van der Waals surface area contributed by atoms with E-state index in [2.05, 4.69) is 5.32 Å². The first kappa shape index (κ1) is 19.3. The number of hydrogen-bond acceptors (Lipinski definition) is 5. The number of hydrogen-bond donors (Lipinski definition) is 1. The maximum atomic E-state index is 13.4. The fourth-order valence-electron chi connectivity index (χ4n) is 4.40. The lowest BCUT2D eigenvalue weighted by atomic mass is 9.80. The van der Waals surface area contributed by atoms with Crippen LogP contribution in [0.4, 0.5) is 10.1 Å². The zero-order chi connectivity index (χ0) is 20.8. The number of rotatable bonds is 4. The molecule has 0 unspecified atom stereocenters. The summed E-state index contributed by atoms with van der Waals surface area (Å²) in [5, 5.41) is 3.16. The molecule has 0 saturated carbocycles. The van der Waals surface area contributed by atoms with Gasteiger partial charge in [-0.05, 0) is 43.7 Å². The van der Waals surface area contributed by atoms with Crippen LogP contribution < -0.4 is 10.2 Å². The molecule has 2 amide bonds. The molecule has 4 atom stereocenters. The maximum Gasteiger partial charge on any atom is 0.326 e. The molecular weight excluding hydrogens is 375 g/mol. The van der Waals surface area contributed by atoms with E-state index in [1.54, 1.807) is 56.3 Å². The first-order chi connectivity index (χ1) is 13.9. The Balaban J connectivity index is 1.81. The number of amides is 2. The van der Waals surface area contributed by atoms with Gasteiger partial charge in [-0.3, -0.25) is 19.7 Å². The van der Waals surface area contributed by atoms with Crippen LogP contribution in [0.25, 0.3) is 0 Å². The summed E-state index contributed by atoms with van der Waals surface area (Å²) in [7, 11) is 0. The first-order valence-electron chi connectivity index (χ1n) is 9.51. The number of halogens is 1. The van der Waals surface area contributed by atoms with Crippen molar-refractivity contribution in [1.29, 1.82) is 0 Å². The van der Waals surface area contributed by atoms with Gasteiger partial charge in [0.05, 0.1) is 24.1 Å². The largest absolute Gasteiger partial charge is 0.465 e. The number of fused-ring (bicyclic) bond motifs is 1. The SMILES string of the molecule is CCOC(=O)[C@]1(C)N[C@H](c2ccc(F)cc2)[C@H]2C(=O)N(c3ccccc3)C(=O)[C@@H]21. The van der Waals surface area contributed by atoms with Gasteiger partial charge in [0, 0.05) is 6.04 Å². The van der Waals surface area contributed by atoms with Crippen LogP contribution in [0.2, 0.25) is 0 Å². The molecule has 2 saturated heterocycles. The molecule has 2 aromatic rings. The second kappa shape index (κ2) is 7.08. The fourth-order valence-corrected chi connectivity index (χ4v) is 4.40. The van der Waals surface area contributed by atoms with Gasteiger partial charge in [0.2, 0.25) is 11.8 Å². The highest BCUT2D eigenvalue weighted by Gasteiger charge is 2.67. The van der Waals surface area contributed by atoms with Crippen molar-refractivity contribution in [3.8, 4) is 0 Å². The van der Waals surface area contributed by atoms with Crippen LogP contribution in [-0.2, 0) is 19.1 Å². The monoisotopic (exact) mass is 396 g/mol. The second-order valence-electron chi connectivity index (χ2n) is 7.45. The van der Waals surface area contributed by atoms with Gasteiger partial charge >= 0.3 is 5.97 Å². The van der Waals surface area contributed by atoms with Crippen molar-refractivity contribution >= 4 is 23.5 Å². The normalized spacial score (nSPS) is 28.5. The lowest BCUT2D eigenvalue weighted by Gasteiger charge is -2.29. The van der Waals surface area contributed by atoms with Crippen LogP contribution in [0.1, 0.15) is 25.5 Å². The standard InChI is InChI=1S/C22H21FN2O4/c1-3-29-21(28)22(2)17-16(18(24-22)13-9-11-14(23)12-10-13)19(26)25(20(17)27)15-7-5-4-6-8-15/h4-12,16-18,24H,3H2,1-2H3/t16-,17+,18+,22+/m0/s1. The number of para-hydroxylation sites is 1. The summed E-state index contributed by atoms with van der Waals surface area (Å²) in [4.78, 5) is 40.7. The summed E-state index contributed by atoms with van der Waals surface area (Å²) in [5.74, 6) is -3.56. The molecule has 150 valence electrons. The maximum absolute atomic E-state index is 13.4. The number of carbonyl (C=O) groups is 3. The molecule has 2 aliphatic rings. The molecule has 4 rings (SSSR count). The van der Waals surface area contributed by atoms with Gasteiger partial charge in [-0.15, -0.1) is 0 Å².